The molecule has 0 unspecified atom stereocenters. The van der Waals surface area contributed by atoms with Crippen LogP contribution in [0.2, 0.25) is 0 Å². The normalized spacial score (nSPS) is 10.6. The van der Waals surface area contributed by atoms with Gasteiger partial charge in [-0.25, -0.2) is 4.98 Å². The fourth-order valence-corrected chi connectivity index (χ4v) is 1.87. The summed E-state index contributed by atoms with van der Waals surface area (Å²) in [5.74, 6) is 0. The maximum atomic E-state index is 10.6. The first kappa shape index (κ1) is 9.78. The van der Waals surface area contributed by atoms with Gasteiger partial charge < -0.3 is 4.42 Å². The highest BCUT2D eigenvalue weighted by Crippen LogP contribution is 2.27. The van der Waals surface area contributed by atoms with E-state index < -0.39 is 0 Å². The first-order valence-electron chi connectivity index (χ1n) is 5.19. The van der Waals surface area contributed by atoms with Gasteiger partial charge in [-0.2, -0.15) is 0 Å². The third-order valence-corrected chi connectivity index (χ3v) is 2.65. The summed E-state index contributed by atoms with van der Waals surface area (Å²) in [5.41, 5.74) is 3.96. The average molecular weight is 222 g/mol. The van der Waals surface area contributed by atoms with Gasteiger partial charge in [0, 0.05) is 11.1 Å². The molecule has 3 heteroatoms. The number of rotatable bonds is 2. The summed E-state index contributed by atoms with van der Waals surface area (Å²) >= 11 is 0. The average Bonchev–Trinajstić information content (AvgIpc) is 2.87. The van der Waals surface area contributed by atoms with Crippen molar-refractivity contribution in [1.82, 2.24) is 4.98 Å². The van der Waals surface area contributed by atoms with Gasteiger partial charge in [0.2, 0.25) is 6.29 Å². The second-order valence-electron chi connectivity index (χ2n) is 3.69. The van der Waals surface area contributed by atoms with Gasteiger partial charge in [0.25, 0.3) is 0 Å². The van der Waals surface area contributed by atoms with E-state index in [1.807, 2.05) is 36.6 Å². The van der Waals surface area contributed by atoms with E-state index in [1.165, 1.54) is 6.39 Å². The largest absolute Gasteiger partial charge is 0.443 e. The molecule has 0 saturated carbocycles. The standard InChI is InChI=1S/C14H8NO2/c16-8-10-3-1-4-11(7-10)12-5-2-6-13-14(12)15-9-17-13/h1-7,9H. The molecule has 0 aliphatic heterocycles. The molecule has 1 aromatic heterocycles. The summed E-state index contributed by atoms with van der Waals surface area (Å²) < 4.78 is 5.25. The SMILES string of the molecule is O=[C]c1cccc(-c2cccc3ocnc23)c1. The lowest BCUT2D eigenvalue weighted by Gasteiger charge is -2.02. The number of aromatic nitrogens is 1. The fourth-order valence-electron chi connectivity index (χ4n) is 1.87. The van der Waals surface area contributed by atoms with E-state index in [9.17, 15) is 4.79 Å². The van der Waals surface area contributed by atoms with Gasteiger partial charge in [-0.05, 0) is 17.7 Å². The van der Waals surface area contributed by atoms with E-state index in [0.717, 1.165) is 22.2 Å². The molecule has 0 aliphatic rings. The van der Waals surface area contributed by atoms with Crippen LogP contribution in [0, 0.1) is 0 Å². The summed E-state index contributed by atoms with van der Waals surface area (Å²) in [6.45, 7) is 0. The van der Waals surface area contributed by atoms with Crippen LogP contribution >= 0.6 is 0 Å². The minimum absolute atomic E-state index is 0.531. The molecule has 2 aromatic carbocycles. The molecular weight excluding hydrogens is 214 g/mol. The van der Waals surface area contributed by atoms with Gasteiger partial charge in [0.1, 0.15) is 5.52 Å². The molecule has 1 heterocycles. The van der Waals surface area contributed by atoms with Crippen molar-refractivity contribution in [2.24, 2.45) is 0 Å². The van der Waals surface area contributed by atoms with Crippen LogP contribution in [0.5, 0.6) is 0 Å². The molecule has 81 valence electrons. The third kappa shape index (κ3) is 1.61. The minimum Gasteiger partial charge on any atom is -0.443 e. The molecule has 0 atom stereocenters. The first-order chi connectivity index (χ1) is 8.38. The molecule has 0 fully saturated rings. The van der Waals surface area contributed by atoms with Gasteiger partial charge in [0.05, 0.1) is 0 Å². The monoisotopic (exact) mass is 222 g/mol. The third-order valence-electron chi connectivity index (χ3n) is 2.65. The minimum atomic E-state index is 0.531. The van der Waals surface area contributed by atoms with Crippen LogP contribution in [-0.4, -0.2) is 11.3 Å². The zero-order valence-corrected chi connectivity index (χ0v) is 8.88. The number of hydrogen-bond acceptors (Lipinski definition) is 3. The molecule has 0 N–H and O–H groups in total. The van der Waals surface area contributed by atoms with Gasteiger partial charge in [0.15, 0.2) is 12.0 Å². The van der Waals surface area contributed by atoms with Crippen LogP contribution < -0.4 is 0 Å². The van der Waals surface area contributed by atoms with Crippen molar-refractivity contribution in [1.29, 1.82) is 0 Å². The number of carbonyl (C=O) groups excluding carboxylic acids is 1. The van der Waals surface area contributed by atoms with Crippen LogP contribution in [0.1, 0.15) is 5.56 Å². The van der Waals surface area contributed by atoms with E-state index in [-0.39, 0.29) is 0 Å². The van der Waals surface area contributed by atoms with Crippen LogP contribution in [0.3, 0.4) is 0 Å². The summed E-state index contributed by atoms with van der Waals surface area (Å²) in [6, 6.07) is 13.0. The lowest BCUT2D eigenvalue weighted by atomic mass is 10.0. The van der Waals surface area contributed by atoms with Crippen LogP contribution in [0.25, 0.3) is 22.2 Å². The Morgan fingerprint density at radius 2 is 2.00 bits per heavy atom. The highest BCUT2D eigenvalue weighted by molar-refractivity contribution is 5.91. The quantitative estimate of drug-likeness (QED) is 0.669. The first-order valence-corrected chi connectivity index (χ1v) is 5.19. The van der Waals surface area contributed by atoms with Crippen LogP contribution in [0.15, 0.2) is 53.3 Å². The van der Waals surface area contributed by atoms with Crippen molar-refractivity contribution >= 4 is 17.4 Å². The van der Waals surface area contributed by atoms with Crippen molar-refractivity contribution in [3.05, 3.63) is 54.4 Å². The molecule has 3 aromatic rings. The molecule has 3 nitrogen and oxygen atoms in total. The molecule has 0 amide bonds. The van der Waals surface area contributed by atoms with Crippen molar-refractivity contribution in [2.75, 3.05) is 0 Å². The number of nitrogens with zero attached hydrogens (tertiary/aromatic N) is 1. The predicted molar refractivity (Wildman–Crippen MR) is 64.2 cm³/mol. The molecule has 0 bridgehead atoms. The molecule has 0 spiro atoms. The lowest BCUT2D eigenvalue weighted by Crippen LogP contribution is -1.84. The van der Waals surface area contributed by atoms with Crippen molar-refractivity contribution in [3.63, 3.8) is 0 Å². The molecule has 0 aliphatic carbocycles. The Balaban J connectivity index is 2.26. The maximum absolute atomic E-state index is 10.6. The van der Waals surface area contributed by atoms with E-state index >= 15 is 0 Å². The van der Waals surface area contributed by atoms with Gasteiger partial charge in [-0.15, -0.1) is 0 Å². The number of benzene rings is 2. The highest BCUT2D eigenvalue weighted by Gasteiger charge is 2.07. The second-order valence-corrected chi connectivity index (χ2v) is 3.69. The van der Waals surface area contributed by atoms with Gasteiger partial charge in [-0.3, -0.25) is 4.79 Å². The van der Waals surface area contributed by atoms with Gasteiger partial charge in [-0.1, -0.05) is 30.3 Å². The second kappa shape index (κ2) is 3.87. The Morgan fingerprint density at radius 1 is 1.12 bits per heavy atom. The Kier molecular flexibility index (Phi) is 2.22. The molecule has 1 radical (unpaired) electrons. The van der Waals surface area contributed by atoms with Crippen molar-refractivity contribution < 1.29 is 9.21 Å². The van der Waals surface area contributed by atoms with Crippen molar-refractivity contribution in [2.45, 2.75) is 0 Å². The molecular formula is C14H8NO2. The maximum Gasteiger partial charge on any atom is 0.233 e. The van der Waals surface area contributed by atoms with Crippen LogP contribution in [-0.2, 0) is 4.79 Å². The number of oxazole rings is 1. The topological polar surface area (TPSA) is 43.1 Å². The Labute approximate surface area is 97.7 Å². The number of para-hydroxylation sites is 1. The number of hydrogen-bond donors (Lipinski definition) is 0. The Morgan fingerprint density at radius 3 is 2.88 bits per heavy atom. The van der Waals surface area contributed by atoms with E-state index in [4.69, 9.17) is 4.42 Å². The smallest absolute Gasteiger partial charge is 0.233 e. The van der Waals surface area contributed by atoms with Crippen LogP contribution in [0.4, 0.5) is 0 Å². The Hall–Kier alpha value is -2.42. The zero-order chi connectivity index (χ0) is 11.7. The lowest BCUT2D eigenvalue weighted by molar-refractivity contribution is 0.563. The zero-order valence-electron chi connectivity index (χ0n) is 8.88. The molecule has 17 heavy (non-hydrogen) atoms. The van der Waals surface area contributed by atoms with E-state index in [1.54, 1.807) is 12.1 Å². The molecule has 3 rings (SSSR count). The Bertz CT molecular complexity index is 685. The summed E-state index contributed by atoms with van der Waals surface area (Å²) in [5, 5.41) is 0. The summed E-state index contributed by atoms with van der Waals surface area (Å²) in [6.07, 6.45) is 3.31. The van der Waals surface area contributed by atoms with Crippen molar-refractivity contribution in [3.8, 4) is 11.1 Å². The van der Waals surface area contributed by atoms with Gasteiger partial charge >= 0.3 is 0 Å². The highest BCUT2D eigenvalue weighted by atomic mass is 16.3. The van der Waals surface area contributed by atoms with E-state index in [0.29, 0.717) is 5.56 Å². The fraction of sp³-hybridized carbons (Fsp3) is 0. The van der Waals surface area contributed by atoms with E-state index in [2.05, 4.69) is 4.98 Å². The summed E-state index contributed by atoms with van der Waals surface area (Å²) in [4.78, 5) is 14.8. The number of fused-ring (bicyclic) bond motifs is 1. The summed E-state index contributed by atoms with van der Waals surface area (Å²) in [7, 11) is 0. The predicted octanol–water partition coefficient (Wildman–Crippen LogP) is 2.95. The molecule has 0 saturated heterocycles.